The first kappa shape index (κ1) is 25.4. The van der Waals surface area contributed by atoms with Crippen molar-refractivity contribution >= 4 is 7.82 Å². The Labute approximate surface area is 158 Å². The number of rotatable bonds is 18. The zero-order valence-electron chi connectivity index (χ0n) is 16.2. The highest BCUT2D eigenvalue weighted by Gasteiger charge is 2.17. The van der Waals surface area contributed by atoms with Gasteiger partial charge in [0.05, 0.1) is 12.7 Å². The van der Waals surface area contributed by atoms with Crippen LogP contribution < -0.4 is 5.11 Å². The topological polar surface area (TPSA) is 108 Å². The van der Waals surface area contributed by atoms with E-state index in [1.54, 1.807) is 0 Å². The van der Waals surface area contributed by atoms with E-state index in [4.69, 9.17) is 19.3 Å². The van der Waals surface area contributed by atoms with Gasteiger partial charge in [-0.15, -0.1) is 0 Å². The molecule has 0 aliphatic carbocycles. The van der Waals surface area contributed by atoms with E-state index in [-0.39, 0.29) is 13.2 Å². The molecule has 26 heavy (non-hydrogen) atoms. The van der Waals surface area contributed by atoms with Crippen LogP contribution in [0.1, 0.15) is 77.6 Å². The lowest BCUT2D eigenvalue weighted by molar-refractivity contribution is -0.359. The van der Waals surface area contributed by atoms with Crippen molar-refractivity contribution in [2.24, 2.45) is 0 Å². The van der Waals surface area contributed by atoms with E-state index in [1.165, 1.54) is 64.6 Å². The van der Waals surface area contributed by atoms with Gasteiger partial charge in [-0.2, -0.15) is 0 Å². The number of phosphoric ester groups is 1. The second-order valence-electron chi connectivity index (χ2n) is 6.45. The van der Waals surface area contributed by atoms with Gasteiger partial charge in [-0.05, 0) is 12.8 Å². The second-order valence-corrected chi connectivity index (χ2v) is 7.69. The van der Waals surface area contributed by atoms with Crippen LogP contribution in [0.5, 0.6) is 0 Å². The minimum Gasteiger partial charge on any atom is -0.611 e. The zero-order valence-corrected chi connectivity index (χ0v) is 17.1. The summed E-state index contributed by atoms with van der Waals surface area (Å²) in [5.74, 6) is -0.445. The van der Waals surface area contributed by atoms with Gasteiger partial charge in [0.2, 0.25) is 0 Å². The summed E-state index contributed by atoms with van der Waals surface area (Å²) >= 11 is 0. The fraction of sp³-hybridized carbons (Fsp3) is 0.889. The third-order valence-corrected chi connectivity index (χ3v) is 4.53. The van der Waals surface area contributed by atoms with E-state index in [0.717, 1.165) is 12.8 Å². The molecule has 8 heteroatoms. The lowest BCUT2D eigenvalue weighted by atomic mass is 10.1. The SMILES string of the molecule is CCCCCCCCCCCC/C=C(\[O-])OC[C@H](COP(=O)(O)O)OC. The van der Waals surface area contributed by atoms with Gasteiger partial charge in [0.25, 0.3) is 0 Å². The summed E-state index contributed by atoms with van der Waals surface area (Å²) in [6, 6.07) is 0. The first-order valence-electron chi connectivity index (χ1n) is 9.62. The summed E-state index contributed by atoms with van der Waals surface area (Å²) in [6.45, 7) is 1.78. The molecular formula is C18H36O7P-. The molecule has 0 aromatic rings. The van der Waals surface area contributed by atoms with Gasteiger partial charge in [-0.25, -0.2) is 4.57 Å². The summed E-state index contributed by atoms with van der Waals surface area (Å²) in [4.78, 5) is 17.3. The first-order valence-corrected chi connectivity index (χ1v) is 11.1. The van der Waals surface area contributed by atoms with Gasteiger partial charge in [-0.3, -0.25) is 4.52 Å². The Hall–Kier alpha value is -0.590. The van der Waals surface area contributed by atoms with E-state index < -0.39 is 19.9 Å². The van der Waals surface area contributed by atoms with E-state index in [0.29, 0.717) is 6.42 Å². The zero-order chi connectivity index (χ0) is 19.7. The molecule has 0 aromatic heterocycles. The van der Waals surface area contributed by atoms with Crippen molar-refractivity contribution in [2.75, 3.05) is 20.3 Å². The van der Waals surface area contributed by atoms with Crippen molar-refractivity contribution in [1.82, 2.24) is 0 Å². The minimum absolute atomic E-state index is 0.107. The van der Waals surface area contributed by atoms with E-state index in [2.05, 4.69) is 11.4 Å². The van der Waals surface area contributed by atoms with E-state index in [1.807, 2.05) is 0 Å². The van der Waals surface area contributed by atoms with E-state index in [9.17, 15) is 9.67 Å². The Kier molecular flexibility index (Phi) is 16.2. The molecule has 0 aliphatic heterocycles. The Bertz CT molecular complexity index is 395. The van der Waals surface area contributed by atoms with Crippen molar-refractivity contribution in [1.29, 1.82) is 0 Å². The highest BCUT2D eigenvalue weighted by Crippen LogP contribution is 2.35. The quantitative estimate of drug-likeness (QED) is 0.207. The summed E-state index contributed by atoms with van der Waals surface area (Å²) < 4.78 is 24.9. The maximum Gasteiger partial charge on any atom is 0.469 e. The largest absolute Gasteiger partial charge is 0.611 e. The molecule has 0 radical (unpaired) electrons. The Morgan fingerprint density at radius 3 is 2.04 bits per heavy atom. The molecule has 0 heterocycles. The van der Waals surface area contributed by atoms with Crippen molar-refractivity contribution in [3.05, 3.63) is 12.0 Å². The molecule has 156 valence electrons. The minimum atomic E-state index is -4.55. The van der Waals surface area contributed by atoms with Crippen molar-refractivity contribution < 1.29 is 33.5 Å². The Balaban J connectivity index is 3.61. The molecule has 1 atom stereocenters. The van der Waals surface area contributed by atoms with Crippen LogP contribution in [-0.2, 0) is 18.6 Å². The number of hydrogen-bond acceptors (Lipinski definition) is 5. The van der Waals surface area contributed by atoms with Crippen LogP contribution in [0.3, 0.4) is 0 Å². The molecular weight excluding hydrogens is 359 g/mol. The predicted octanol–water partition coefficient (Wildman–Crippen LogP) is 3.64. The number of ether oxygens (including phenoxy) is 2. The third kappa shape index (κ3) is 18.2. The standard InChI is InChI=1S/C18H37O7P/c1-3-4-5-6-7-8-9-10-11-12-13-14-18(19)24-15-17(23-2)16-25-26(20,21)22/h14,17,19H,3-13,15-16H2,1-2H3,(H2,20,21,22)/p-1/b18-14+/t17-/m1/s1. The number of unbranched alkanes of at least 4 members (excludes halogenated alkanes) is 10. The molecule has 7 nitrogen and oxygen atoms in total. The highest BCUT2D eigenvalue weighted by molar-refractivity contribution is 7.46. The molecule has 0 aliphatic rings. The van der Waals surface area contributed by atoms with Gasteiger partial charge in [-0.1, -0.05) is 70.8 Å². The van der Waals surface area contributed by atoms with Gasteiger partial charge in [0.15, 0.2) is 0 Å². The van der Waals surface area contributed by atoms with Crippen LogP contribution in [0.4, 0.5) is 0 Å². The van der Waals surface area contributed by atoms with Gasteiger partial charge >= 0.3 is 7.82 Å². The lowest BCUT2D eigenvalue weighted by Gasteiger charge is -2.22. The highest BCUT2D eigenvalue weighted by atomic mass is 31.2. The maximum absolute atomic E-state index is 11.6. The molecule has 0 fully saturated rings. The van der Waals surface area contributed by atoms with Crippen LogP contribution in [0.15, 0.2) is 12.0 Å². The van der Waals surface area contributed by atoms with Crippen molar-refractivity contribution in [2.45, 2.75) is 83.7 Å². The molecule has 0 spiro atoms. The summed E-state index contributed by atoms with van der Waals surface area (Å²) in [7, 11) is -3.19. The Morgan fingerprint density at radius 1 is 1.00 bits per heavy atom. The van der Waals surface area contributed by atoms with Crippen molar-refractivity contribution in [3.8, 4) is 0 Å². The van der Waals surface area contributed by atoms with Crippen LogP contribution in [0.2, 0.25) is 0 Å². The number of allylic oxidation sites excluding steroid dienone is 1. The van der Waals surface area contributed by atoms with Gasteiger partial charge < -0.3 is 24.4 Å². The maximum atomic E-state index is 11.6. The summed E-state index contributed by atoms with van der Waals surface area (Å²) in [5.41, 5.74) is 0. The summed E-state index contributed by atoms with van der Waals surface area (Å²) in [6.07, 6.45) is 13.9. The molecule has 0 unspecified atom stereocenters. The normalized spacial score (nSPS) is 13.8. The third-order valence-electron chi connectivity index (χ3n) is 4.04. The predicted molar refractivity (Wildman–Crippen MR) is 99.3 cm³/mol. The van der Waals surface area contributed by atoms with Crippen LogP contribution in [0, 0.1) is 0 Å². The Morgan fingerprint density at radius 2 is 1.54 bits per heavy atom. The molecule has 0 saturated heterocycles. The molecule has 0 rings (SSSR count). The number of methoxy groups -OCH3 is 1. The average molecular weight is 395 g/mol. The fourth-order valence-corrected chi connectivity index (χ4v) is 2.81. The lowest BCUT2D eigenvalue weighted by Crippen LogP contribution is -2.25. The molecule has 2 N–H and O–H groups in total. The van der Waals surface area contributed by atoms with E-state index >= 15 is 0 Å². The molecule has 0 amide bonds. The van der Waals surface area contributed by atoms with Crippen LogP contribution in [0.25, 0.3) is 0 Å². The average Bonchev–Trinajstić information content (AvgIpc) is 2.59. The first-order chi connectivity index (χ1) is 12.4. The molecule has 0 bridgehead atoms. The number of hydrogen-bond donors (Lipinski definition) is 2. The fourth-order valence-electron chi connectivity index (χ4n) is 2.45. The van der Waals surface area contributed by atoms with Gasteiger partial charge in [0, 0.05) is 19.7 Å². The van der Waals surface area contributed by atoms with Gasteiger partial charge in [0.1, 0.15) is 0 Å². The monoisotopic (exact) mass is 395 g/mol. The molecule has 0 saturated carbocycles. The second kappa shape index (κ2) is 16.6. The van der Waals surface area contributed by atoms with Crippen LogP contribution >= 0.6 is 7.82 Å². The van der Waals surface area contributed by atoms with Crippen molar-refractivity contribution in [3.63, 3.8) is 0 Å². The molecule has 0 aromatic carbocycles. The smallest absolute Gasteiger partial charge is 0.469 e. The van der Waals surface area contributed by atoms with Crippen LogP contribution in [-0.4, -0.2) is 36.2 Å². The number of phosphoric acid groups is 1. The summed E-state index contributed by atoms with van der Waals surface area (Å²) in [5, 5.41) is 11.6.